The quantitative estimate of drug-likeness (QED) is 0.187. The van der Waals surface area contributed by atoms with E-state index in [-0.39, 0.29) is 44.0 Å². The Hall–Kier alpha value is -5.31. The molecule has 6 N–H and O–H groups in total. The van der Waals surface area contributed by atoms with Crippen LogP contribution in [0, 0.1) is 0 Å². The monoisotopic (exact) mass is 758 g/mol. The maximum Gasteiger partial charge on any atom is 0.246 e. The summed E-state index contributed by atoms with van der Waals surface area (Å²) in [6, 6.07) is 11.4. The van der Waals surface area contributed by atoms with Crippen molar-refractivity contribution in [3.05, 3.63) is 66.0 Å². The molecule has 2 aromatic carbocycles. The van der Waals surface area contributed by atoms with Crippen molar-refractivity contribution < 1.29 is 33.9 Å². The summed E-state index contributed by atoms with van der Waals surface area (Å²) in [5.41, 5.74) is 2.52. The fourth-order valence-electron chi connectivity index (χ4n) is 7.30. The van der Waals surface area contributed by atoms with E-state index in [4.69, 9.17) is 0 Å². The van der Waals surface area contributed by atoms with Gasteiger partial charge in [0.25, 0.3) is 0 Å². The van der Waals surface area contributed by atoms with E-state index in [1.165, 1.54) is 11.8 Å². The van der Waals surface area contributed by atoms with Gasteiger partial charge in [-0.15, -0.1) is 0 Å². The first kappa shape index (κ1) is 40.9. The van der Waals surface area contributed by atoms with Crippen LogP contribution in [0.2, 0.25) is 0 Å². The lowest BCUT2D eigenvalue weighted by Gasteiger charge is -2.30. The van der Waals surface area contributed by atoms with Crippen LogP contribution >= 0.6 is 0 Å². The number of benzene rings is 2. The summed E-state index contributed by atoms with van der Waals surface area (Å²) in [7, 11) is 0. The first-order valence-electron chi connectivity index (χ1n) is 19.4. The lowest BCUT2D eigenvalue weighted by molar-refractivity contribution is -0.142. The molecule has 15 nitrogen and oxygen atoms in total. The van der Waals surface area contributed by atoms with E-state index in [0.29, 0.717) is 45.2 Å². The van der Waals surface area contributed by atoms with Gasteiger partial charge in [-0.05, 0) is 63.1 Å². The van der Waals surface area contributed by atoms with Gasteiger partial charge in [-0.2, -0.15) is 0 Å². The summed E-state index contributed by atoms with van der Waals surface area (Å²) in [6.45, 7) is 6.00. The number of aliphatic hydroxyl groups excluding tert-OH is 1. The van der Waals surface area contributed by atoms with E-state index >= 15 is 0 Å². The van der Waals surface area contributed by atoms with Gasteiger partial charge in [-0.3, -0.25) is 28.8 Å². The average molecular weight is 759 g/mol. The zero-order valence-corrected chi connectivity index (χ0v) is 31.9. The van der Waals surface area contributed by atoms with Crippen molar-refractivity contribution in [1.82, 2.24) is 41.0 Å². The zero-order valence-electron chi connectivity index (χ0n) is 31.9. The molecule has 0 radical (unpaired) electrons. The van der Waals surface area contributed by atoms with E-state index < -0.39 is 59.9 Å². The SMILES string of the molecule is CCc1nc2ccccc2n1CCC(=O)N[C@H]1CCCCNC(=O)[C@@H]2CCCN2C(=O)[C@@H](Cc2ccccc2)NC(=O)[C@H]([C@@H](C)O)NC(=O)[C@H](CC)NC1=O. The number of amides is 6. The molecule has 6 atom stereocenters. The third kappa shape index (κ3) is 10.5. The van der Waals surface area contributed by atoms with E-state index in [0.717, 1.165) is 22.4 Å². The molecular formula is C40H54N8O7. The highest BCUT2D eigenvalue weighted by molar-refractivity contribution is 5.97. The van der Waals surface area contributed by atoms with Crippen LogP contribution in [0.15, 0.2) is 54.6 Å². The first-order valence-corrected chi connectivity index (χ1v) is 19.4. The minimum absolute atomic E-state index is 0.0813. The fourth-order valence-corrected chi connectivity index (χ4v) is 7.30. The summed E-state index contributed by atoms with van der Waals surface area (Å²) in [6.07, 6.45) is 1.91. The molecule has 3 aromatic rings. The number of imidazole rings is 1. The Kier molecular flexibility index (Phi) is 14.4. The van der Waals surface area contributed by atoms with Crippen LogP contribution in [0.4, 0.5) is 0 Å². The number of nitrogens with zero attached hydrogens (tertiary/aromatic N) is 3. The van der Waals surface area contributed by atoms with Gasteiger partial charge >= 0.3 is 0 Å². The largest absolute Gasteiger partial charge is 0.391 e. The van der Waals surface area contributed by atoms with Crippen LogP contribution < -0.4 is 26.6 Å². The minimum Gasteiger partial charge on any atom is -0.391 e. The smallest absolute Gasteiger partial charge is 0.246 e. The van der Waals surface area contributed by atoms with Gasteiger partial charge < -0.3 is 41.2 Å². The Morgan fingerprint density at radius 2 is 1.60 bits per heavy atom. The number of para-hydroxylation sites is 2. The molecule has 6 amide bonds. The summed E-state index contributed by atoms with van der Waals surface area (Å²) in [5.74, 6) is -2.34. The molecule has 5 rings (SSSR count). The van der Waals surface area contributed by atoms with E-state index in [2.05, 4.69) is 31.6 Å². The predicted molar refractivity (Wildman–Crippen MR) is 205 cm³/mol. The predicted octanol–water partition coefficient (Wildman–Crippen LogP) is 1.25. The molecule has 55 heavy (non-hydrogen) atoms. The lowest BCUT2D eigenvalue weighted by atomic mass is 10.0. The second-order valence-electron chi connectivity index (χ2n) is 14.3. The van der Waals surface area contributed by atoms with Crippen molar-refractivity contribution in [3.63, 3.8) is 0 Å². The van der Waals surface area contributed by atoms with Gasteiger partial charge in [0, 0.05) is 38.9 Å². The van der Waals surface area contributed by atoms with Gasteiger partial charge in [0.1, 0.15) is 36.0 Å². The third-order valence-corrected chi connectivity index (χ3v) is 10.3. The van der Waals surface area contributed by atoms with Gasteiger partial charge in [0.2, 0.25) is 35.4 Å². The van der Waals surface area contributed by atoms with Crippen LogP contribution in [0.3, 0.4) is 0 Å². The van der Waals surface area contributed by atoms with Crippen molar-refractivity contribution in [3.8, 4) is 0 Å². The van der Waals surface area contributed by atoms with Crippen molar-refractivity contribution >= 4 is 46.5 Å². The minimum atomic E-state index is -1.47. The summed E-state index contributed by atoms with van der Waals surface area (Å²) in [4.78, 5) is 88.1. The molecule has 15 heteroatoms. The number of rotatable bonds is 9. The molecular weight excluding hydrogens is 704 g/mol. The third-order valence-electron chi connectivity index (χ3n) is 10.3. The van der Waals surface area contributed by atoms with Gasteiger partial charge in [0.05, 0.1) is 17.1 Å². The highest BCUT2D eigenvalue weighted by atomic mass is 16.3. The number of hydrogen-bond acceptors (Lipinski definition) is 8. The van der Waals surface area contributed by atoms with Crippen molar-refractivity contribution in [2.24, 2.45) is 0 Å². The van der Waals surface area contributed by atoms with Gasteiger partial charge in [0.15, 0.2) is 0 Å². The molecule has 0 aliphatic carbocycles. The fraction of sp³-hybridized carbons (Fsp3) is 0.525. The van der Waals surface area contributed by atoms with Gasteiger partial charge in [-0.25, -0.2) is 4.98 Å². The van der Waals surface area contributed by atoms with Crippen molar-refractivity contribution in [1.29, 1.82) is 0 Å². The Balaban J connectivity index is 1.35. The molecule has 2 fully saturated rings. The van der Waals surface area contributed by atoms with Crippen LogP contribution in [0.25, 0.3) is 11.0 Å². The first-order chi connectivity index (χ1) is 26.5. The molecule has 0 saturated carbocycles. The Bertz CT molecular complexity index is 1830. The average Bonchev–Trinajstić information content (AvgIpc) is 3.82. The molecule has 0 spiro atoms. The van der Waals surface area contributed by atoms with Crippen molar-refractivity contribution in [2.45, 2.75) is 121 Å². The maximum absolute atomic E-state index is 14.1. The highest BCUT2D eigenvalue weighted by Crippen LogP contribution is 2.21. The number of nitrogens with one attached hydrogen (secondary N) is 5. The summed E-state index contributed by atoms with van der Waals surface area (Å²) >= 11 is 0. The number of aliphatic hydroxyl groups is 1. The summed E-state index contributed by atoms with van der Waals surface area (Å²) in [5, 5.41) is 24.5. The number of aryl methyl sites for hydroxylation is 2. The molecule has 1 aromatic heterocycles. The molecule has 3 heterocycles. The molecule has 0 bridgehead atoms. The maximum atomic E-state index is 14.1. The second kappa shape index (κ2) is 19.3. The Labute approximate surface area is 321 Å². The Morgan fingerprint density at radius 3 is 2.33 bits per heavy atom. The molecule has 2 aliphatic rings. The Morgan fingerprint density at radius 1 is 0.873 bits per heavy atom. The van der Waals surface area contributed by atoms with Crippen LogP contribution in [-0.4, -0.2) is 104 Å². The van der Waals surface area contributed by atoms with Crippen LogP contribution in [0.5, 0.6) is 0 Å². The van der Waals surface area contributed by atoms with Crippen LogP contribution in [-0.2, 0) is 48.2 Å². The molecule has 0 unspecified atom stereocenters. The molecule has 2 aliphatic heterocycles. The molecule has 2 saturated heterocycles. The van der Waals surface area contributed by atoms with E-state index in [1.54, 1.807) is 6.92 Å². The number of fused-ring (bicyclic) bond motifs is 2. The zero-order chi connectivity index (χ0) is 39.5. The molecule has 296 valence electrons. The lowest BCUT2D eigenvalue weighted by Crippen LogP contribution is -2.61. The summed E-state index contributed by atoms with van der Waals surface area (Å²) < 4.78 is 2.00. The number of hydrogen-bond donors (Lipinski definition) is 6. The second-order valence-corrected chi connectivity index (χ2v) is 14.3. The number of aromatic nitrogens is 2. The number of carbonyl (C=O) groups excluding carboxylic acids is 6. The van der Waals surface area contributed by atoms with E-state index in [1.807, 2.05) is 66.1 Å². The normalized spacial score (nSPS) is 24.0. The highest BCUT2D eigenvalue weighted by Gasteiger charge is 2.39. The van der Waals surface area contributed by atoms with E-state index in [9.17, 15) is 33.9 Å². The number of carbonyl (C=O) groups is 6. The topological polar surface area (TPSA) is 204 Å². The van der Waals surface area contributed by atoms with Crippen molar-refractivity contribution in [2.75, 3.05) is 13.1 Å². The van der Waals surface area contributed by atoms with Crippen LogP contribution in [0.1, 0.15) is 77.1 Å². The standard InChI is InChI=1S/C40H54N8O7/c1-4-27-36(51)46-35(25(3)49)39(54)45-30(24-26-14-7-6-8-15-26)40(55)48-22-13-19-32(48)38(53)41-21-12-11-17-29(37(52)44-27)43-34(50)20-23-47-31-18-10-9-16-28(31)42-33(47)5-2/h6-10,14-16,18,25,27,29-30,32,35,49H,4-5,11-13,17,19-24H2,1-3H3,(H,41,53)(H,43,50)(H,44,52)(H,45,54)(H,46,51)/t25-,27+,29+,30-,32+,35+/m1/s1. The van der Waals surface area contributed by atoms with Gasteiger partial charge in [-0.1, -0.05) is 56.3 Å².